The van der Waals surface area contributed by atoms with Gasteiger partial charge in [-0.05, 0) is 48.9 Å². The zero-order valence-electron chi connectivity index (χ0n) is 23.3. The normalized spacial score (nSPS) is 18.0. The summed E-state index contributed by atoms with van der Waals surface area (Å²) in [6, 6.07) is 7.88. The number of benzene rings is 1. The minimum atomic E-state index is -0.491. The molecule has 5 rings (SSSR count). The van der Waals surface area contributed by atoms with Crippen molar-refractivity contribution in [3.05, 3.63) is 47.2 Å². The van der Waals surface area contributed by atoms with Gasteiger partial charge in [0.15, 0.2) is 6.23 Å². The number of carbonyl (C=O) groups excluding carboxylic acids is 2. The first kappa shape index (κ1) is 27.5. The Kier molecular flexibility index (Phi) is 7.87. The van der Waals surface area contributed by atoms with E-state index in [0.717, 1.165) is 72.2 Å². The van der Waals surface area contributed by atoms with E-state index < -0.39 is 6.23 Å². The van der Waals surface area contributed by atoms with Crippen LogP contribution < -0.4 is 4.90 Å². The van der Waals surface area contributed by atoms with Crippen molar-refractivity contribution in [1.82, 2.24) is 19.8 Å². The molecule has 3 aromatic rings. The van der Waals surface area contributed by atoms with Gasteiger partial charge in [-0.1, -0.05) is 51.4 Å². The Morgan fingerprint density at radius 3 is 2.62 bits per heavy atom. The predicted octanol–water partition coefficient (Wildman–Crippen LogP) is 6.09. The largest absolute Gasteiger partial charge is 0.429 e. The van der Waals surface area contributed by atoms with E-state index in [9.17, 15) is 9.59 Å². The first-order valence-electron chi connectivity index (χ1n) is 13.9. The van der Waals surface area contributed by atoms with Crippen molar-refractivity contribution in [1.29, 1.82) is 0 Å². The Morgan fingerprint density at radius 2 is 1.92 bits per heavy atom. The molecule has 2 amide bonds. The van der Waals surface area contributed by atoms with Crippen molar-refractivity contribution >= 4 is 40.3 Å². The molecule has 9 heteroatoms. The quantitative estimate of drug-likeness (QED) is 0.415. The molecule has 1 atom stereocenters. The van der Waals surface area contributed by atoms with Gasteiger partial charge in [0.2, 0.25) is 5.91 Å². The van der Waals surface area contributed by atoms with Crippen LogP contribution in [0.15, 0.2) is 36.7 Å². The maximum Gasteiger partial charge on any atom is 0.411 e. The maximum absolute atomic E-state index is 13.5. The van der Waals surface area contributed by atoms with E-state index in [2.05, 4.69) is 16.9 Å². The Bertz CT molecular complexity index is 1360. The van der Waals surface area contributed by atoms with Crippen molar-refractivity contribution in [3.63, 3.8) is 0 Å². The number of pyridine rings is 1. The van der Waals surface area contributed by atoms with Gasteiger partial charge in [0.05, 0.1) is 11.6 Å². The molecule has 39 heavy (non-hydrogen) atoms. The number of H-pyrrole nitrogens is 1. The Balaban J connectivity index is 1.34. The standard InChI is InChI=1S/C30H38ClN5O3/c1-5-20-17-32-27-25(20)26(31)23(18-33-27)21-10-9-11-22(16-21)36-15-14-35(19-24(36)37)28(30(2,3)4)39-29(38)34-12-7-6-8-13-34/h9-11,16-18,28H,5-8,12-15,19H2,1-4H3,(H,32,33). The van der Waals surface area contributed by atoms with Crippen molar-refractivity contribution in [2.45, 2.75) is 59.6 Å². The SMILES string of the molecule is CCc1c[nH]c2ncc(-c3cccc(N4CCN(C(OC(=O)N5CCCCC5)C(C)(C)C)CC4=O)c3)c(Cl)c12. The number of fused-ring (bicyclic) bond motifs is 1. The fourth-order valence-corrected chi connectivity index (χ4v) is 6.02. The van der Waals surface area contributed by atoms with Gasteiger partial charge in [-0.25, -0.2) is 9.78 Å². The van der Waals surface area contributed by atoms with Crippen molar-refractivity contribution < 1.29 is 14.3 Å². The molecule has 1 aromatic carbocycles. The van der Waals surface area contributed by atoms with E-state index in [4.69, 9.17) is 16.3 Å². The third kappa shape index (κ3) is 5.63. The number of nitrogens with one attached hydrogen (secondary N) is 1. The number of likely N-dealkylation sites (tertiary alicyclic amines) is 1. The lowest BCUT2D eigenvalue weighted by Gasteiger charge is -2.43. The smallest absolute Gasteiger partial charge is 0.411 e. The number of piperidine rings is 1. The van der Waals surface area contributed by atoms with Crippen LogP contribution in [0.25, 0.3) is 22.2 Å². The van der Waals surface area contributed by atoms with Gasteiger partial charge in [-0.15, -0.1) is 0 Å². The fourth-order valence-electron chi connectivity index (χ4n) is 5.65. The molecule has 2 aliphatic rings. The molecule has 8 nitrogen and oxygen atoms in total. The highest BCUT2D eigenvalue weighted by molar-refractivity contribution is 6.38. The second-order valence-corrected chi connectivity index (χ2v) is 12.0. The number of hydrogen-bond acceptors (Lipinski definition) is 5. The number of nitrogens with zero attached hydrogens (tertiary/aromatic N) is 4. The van der Waals surface area contributed by atoms with Crippen molar-refractivity contribution in [2.24, 2.45) is 5.41 Å². The molecule has 2 aromatic heterocycles. The number of hydrogen-bond donors (Lipinski definition) is 1. The molecular weight excluding hydrogens is 514 g/mol. The van der Waals surface area contributed by atoms with Crippen LogP contribution >= 0.6 is 11.6 Å². The Labute approximate surface area is 235 Å². The summed E-state index contributed by atoms with van der Waals surface area (Å²) >= 11 is 6.87. The molecule has 4 heterocycles. The van der Waals surface area contributed by atoms with Gasteiger partial charge < -0.3 is 19.5 Å². The number of carbonyl (C=O) groups is 2. The number of piperazine rings is 1. The van der Waals surface area contributed by atoms with Crippen LogP contribution in [0.2, 0.25) is 5.02 Å². The zero-order valence-corrected chi connectivity index (χ0v) is 24.1. The Hall–Kier alpha value is -3.10. The summed E-state index contributed by atoms with van der Waals surface area (Å²) < 4.78 is 6.04. The van der Waals surface area contributed by atoms with Crippen molar-refractivity contribution in [2.75, 3.05) is 37.6 Å². The number of aryl methyl sites for hydroxylation is 1. The van der Waals surface area contributed by atoms with Gasteiger partial charge in [0.1, 0.15) is 5.65 Å². The van der Waals surface area contributed by atoms with Crippen LogP contribution in [-0.2, 0) is 16.0 Å². The summed E-state index contributed by atoms with van der Waals surface area (Å²) in [7, 11) is 0. The van der Waals surface area contributed by atoms with Crippen LogP contribution in [0.4, 0.5) is 10.5 Å². The van der Waals surface area contributed by atoms with Crippen LogP contribution in [-0.4, -0.2) is 70.7 Å². The summed E-state index contributed by atoms with van der Waals surface area (Å²) in [4.78, 5) is 39.8. The van der Waals surface area contributed by atoms with Gasteiger partial charge in [-0.2, -0.15) is 0 Å². The lowest BCUT2D eigenvalue weighted by atomic mass is 9.92. The fraction of sp³-hybridized carbons (Fsp3) is 0.500. The molecule has 0 aliphatic carbocycles. The second-order valence-electron chi connectivity index (χ2n) is 11.6. The number of ether oxygens (including phenoxy) is 1. The minimum Gasteiger partial charge on any atom is -0.429 e. The molecule has 0 bridgehead atoms. The topological polar surface area (TPSA) is 81.8 Å². The van der Waals surface area contributed by atoms with Crippen LogP contribution in [0.1, 0.15) is 52.5 Å². The van der Waals surface area contributed by atoms with Gasteiger partial charge in [0.25, 0.3) is 0 Å². The number of rotatable bonds is 5. The van der Waals surface area contributed by atoms with E-state index in [1.54, 1.807) is 16.0 Å². The molecule has 1 N–H and O–H groups in total. The van der Waals surface area contributed by atoms with Crippen molar-refractivity contribution in [3.8, 4) is 11.1 Å². The molecule has 0 radical (unpaired) electrons. The lowest BCUT2D eigenvalue weighted by Crippen LogP contribution is -2.58. The second kappa shape index (κ2) is 11.2. The molecule has 2 aliphatic heterocycles. The van der Waals surface area contributed by atoms with Crippen LogP contribution in [0, 0.1) is 5.41 Å². The highest BCUT2D eigenvalue weighted by Gasteiger charge is 2.39. The van der Waals surface area contributed by atoms with Crippen LogP contribution in [0.3, 0.4) is 0 Å². The molecule has 2 fully saturated rings. The molecule has 1 unspecified atom stereocenters. The number of aromatic amines is 1. The third-order valence-corrected chi connectivity index (χ3v) is 8.11. The third-order valence-electron chi connectivity index (χ3n) is 7.72. The molecule has 208 valence electrons. The average Bonchev–Trinajstić information content (AvgIpc) is 3.36. The average molecular weight is 552 g/mol. The summed E-state index contributed by atoms with van der Waals surface area (Å²) in [5, 5.41) is 1.61. The van der Waals surface area contributed by atoms with E-state index in [1.165, 1.54) is 0 Å². The van der Waals surface area contributed by atoms with E-state index >= 15 is 0 Å². The van der Waals surface area contributed by atoms with E-state index in [0.29, 0.717) is 18.1 Å². The monoisotopic (exact) mass is 551 g/mol. The number of halogens is 1. The summed E-state index contributed by atoms with van der Waals surface area (Å²) in [6.45, 7) is 11.0. The highest BCUT2D eigenvalue weighted by Crippen LogP contribution is 2.37. The summed E-state index contributed by atoms with van der Waals surface area (Å²) in [5.41, 5.74) is 4.12. The molecule has 0 spiro atoms. The number of aromatic nitrogens is 2. The van der Waals surface area contributed by atoms with Gasteiger partial charge in [0, 0.05) is 60.6 Å². The maximum atomic E-state index is 13.5. The van der Waals surface area contributed by atoms with Crippen LogP contribution in [0.5, 0.6) is 0 Å². The Morgan fingerprint density at radius 1 is 1.15 bits per heavy atom. The highest BCUT2D eigenvalue weighted by atomic mass is 35.5. The zero-order chi connectivity index (χ0) is 27.7. The first-order chi connectivity index (χ1) is 18.7. The lowest BCUT2D eigenvalue weighted by molar-refractivity contribution is -0.132. The predicted molar refractivity (Wildman–Crippen MR) is 155 cm³/mol. The van der Waals surface area contributed by atoms with E-state index in [-0.39, 0.29) is 24.0 Å². The number of anilines is 1. The number of amides is 2. The van der Waals surface area contributed by atoms with E-state index in [1.807, 2.05) is 56.1 Å². The molecule has 2 saturated heterocycles. The first-order valence-corrected chi connectivity index (χ1v) is 14.3. The summed E-state index contributed by atoms with van der Waals surface area (Å²) in [6.07, 6.45) is 6.97. The summed E-state index contributed by atoms with van der Waals surface area (Å²) in [5.74, 6) is -0.0275. The van der Waals surface area contributed by atoms with Gasteiger partial charge in [-0.3, -0.25) is 9.69 Å². The minimum absolute atomic E-state index is 0.0275. The molecular formula is C30H38ClN5O3. The van der Waals surface area contributed by atoms with Gasteiger partial charge >= 0.3 is 6.09 Å². The molecule has 0 saturated carbocycles.